The Kier molecular flexibility index (Phi) is 3.91. The van der Waals surface area contributed by atoms with E-state index in [-0.39, 0.29) is 5.82 Å². The molecule has 18 heavy (non-hydrogen) atoms. The lowest BCUT2D eigenvalue weighted by Gasteiger charge is -2.01. The van der Waals surface area contributed by atoms with Crippen LogP contribution in [-0.2, 0) is 0 Å². The van der Waals surface area contributed by atoms with Gasteiger partial charge in [-0.1, -0.05) is 46.3 Å². The molecule has 0 aliphatic carbocycles. The predicted octanol–water partition coefficient (Wildman–Crippen LogP) is 4.65. The zero-order valence-electron chi connectivity index (χ0n) is 9.40. The molecule has 0 aliphatic heterocycles. The zero-order valence-corrected chi connectivity index (χ0v) is 11.0. The van der Waals surface area contributed by atoms with Crippen molar-refractivity contribution in [3.8, 4) is 6.07 Å². The van der Waals surface area contributed by atoms with E-state index >= 15 is 0 Å². The molecular formula is C15H9BrFN. The van der Waals surface area contributed by atoms with Crippen molar-refractivity contribution in [2.24, 2.45) is 0 Å². The van der Waals surface area contributed by atoms with Crippen molar-refractivity contribution in [2.45, 2.75) is 0 Å². The van der Waals surface area contributed by atoms with E-state index in [1.165, 1.54) is 6.07 Å². The first-order valence-corrected chi connectivity index (χ1v) is 6.12. The van der Waals surface area contributed by atoms with Crippen molar-refractivity contribution < 1.29 is 4.39 Å². The lowest BCUT2D eigenvalue weighted by molar-refractivity contribution is 0.624. The molecule has 0 bridgehead atoms. The summed E-state index contributed by atoms with van der Waals surface area (Å²) in [4.78, 5) is 0. The van der Waals surface area contributed by atoms with Gasteiger partial charge in [-0.15, -0.1) is 0 Å². The average Bonchev–Trinajstić information content (AvgIpc) is 2.37. The molecule has 0 amide bonds. The second kappa shape index (κ2) is 5.61. The van der Waals surface area contributed by atoms with E-state index in [4.69, 9.17) is 5.26 Å². The molecule has 88 valence electrons. The average molecular weight is 302 g/mol. The molecule has 2 aromatic rings. The van der Waals surface area contributed by atoms with Crippen molar-refractivity contribution in [3.63, 3.8) is 0 Å². The van der Waals surface area contributed by atoms with E-state index in [1.54, 1.807) is 24.3 Å². The van der Waals surface area contributed by atoms with Gasteiger partial charge < -0.3 is 0 Å². The highest BCUT2D eigenvalue weighted by molar-refractivity contribution is 9.10. The first-order valence-electron chi connectivity index (χ1n) is 5.33. The minimum atomic E-state index is -0.389. The van der Waals surface area contributed by atoms with Gasteiger partial charge in [-0.3, -0.25) is 0 Å². The van der Waals surface area contributed by atoms with Crippen LogP contribution in [0.15, 0.2) is 53.0 Å². The molecular weight excluding hydrogens is 293 g/mol. The number of hydrogen-bond acceptors (Lipinski definition) is 1. The number of benzene rings is 2. The van der Waals surface area contributed by atoms with Crippen LogP contribution >= 0.6 is 15.9 Å². The molecule has 0 saturated heterocycles. The summed E-state index contributed by atoms with van der Waals surface area (Å²) in [5, 5.41) is 9.14. The minimum absolute atomic E-state index is 0.311. The summed E-state index contributed by atoms with van der Waals surface area (Å²) < 4.78 is 14.5. The van der Waals surface area contributed by atoms with E-state index in [1.807, 2.05) is 30.3 Å². The van der Waals surface area contributed by atoms with Crippen LogP contribution in [0.25, 0.3) is 11.6 Å². The monoisotopic (exact) mass is 301 g/mol. The van der Waals surface area contributed by atoms with Crippen LogP contribution in [0.2, 0.25) is 0 Å². The Hall–Kier alpha value is -1.92. The predicted molar refractivity (Wildman–Crippen MR) is 74.0 cm³/mol. The Morgan fingerprint density at radius 1 is 1.17 bits per heavy atom. The number of allylic oxidation sites excluding steroid dienone is 1. The molecule has 2 aromatic carbocycles. The Bertz CT molecular complexity index is 641. The van der Waals surface area contributed by atoms with Gasteiger partial charge in [-0.05, 0) is 29.8 Å². The Morgan fingerprint density at radius 3 is 2.61 bits per heavy atom. The maximum absolute atomic E-state index is 13.6. The second-order valence-electron chi connectivity index (χ2n) is 3.70. The summed E-state index contributed by atoms with van der Waals surface area (Å²) in [5.74, 6) is -0.389. The van der Waals surface area contributed by atoms with Gasteiger partial charge in [-0.25, -0.2) is 4.39 Å². The Labute approximate surface area is 113 Å². The number of rotatable bonds is 2. The smallest absolute Gasteiger partial charge is 0.131 e. The van der Waals surface area contributed by atoms with Crippen molar-refractivity contribution in [1.29, 1.82) is 5.26 Å². The molecule has 0 spiro atoms. The van der Waals surface area contributed by atoms with Gasteiger partial charge in [0.25, 0.3) is 0 Å². The lowest BCUT2D eigenvalue weighted by atomic mass is 10.0. The maximum atomic E-state index is 13.6. The first-order chi connectivity index (χ1) is 8.70. The lowest BCUT2D eigenvalue weighted by Crippen LogP contribution is -1.87. The highest BCUT2D eigenvalue weighted by Crippen LogP contribution is 2.21. The van der Waals surface area contributed by atoms with Crippen molar-refractivity contribution in [3.05, 3.63) is 69.9 Å². The van der Waals surface area contributed by atoms with E-state index in [0.29, 0.717) is 11.1 Å². The molecule has 0 fully saturated rings. The van der Waals surface area contributed by atoms with E-state index in [2.05, 4.69) is 15.9 Å². The number of halogens is 2. The quantitative estimate of drug-likeness (QED) is 0.585. The van der Waals surface area contributed by atoms with Gasteiger partial charge in [0.15, 0.2) is 0 Å². The highest BCUT2D eigenvalue weighted by Gasteiger charge is 2.06. The summed E-state index contributed by atoms with van der Waals surface area (Å²) in [5.41, 5.74) is 1.48. The zero-order chi connectivity index (χ0) is 13.0. The molecule has 0 saturated carbocycles. The van der Waals surface area contributed by atoms with E-state index in [9.17, 15) is 4.39 Å². The van der Waals surface area contributed by atoms with Gasteiger partial charge in [0.05, 0.1) is 11.6 Å². The van der Waals surface area contributed by atoms with Crippen LogP contribution in [0.4, 0.5) is 4.39 Å². The van der Waals surface area contributed by atoms with Crippen LogP contribution in [-0.4, -0.2) is 0 Å². The summed E-state index contributed by atoms with van der Waals surface area (Å²) >= 11 is 3.36. The fraction of sp³-hybridized carbons (Fsp3) is 0. The van der Waals surface area contributed by atoms with Gasteiger partial charge in [0.1, 0.15) is 5.82 Å². The molecule has 3 heteroatoms. The summed E-state index contributed by atoms with van der Waals surface area (Å²) in [6.07, 6.45) is 1.67. The topological polar surface area (TPSA) is 23.8 Å². The fourth-order valence-corrected chi connectivity index (χ4v) is 2.03. The molecule has 2 rings (SSSR count). The maximum Gasteiger partial charge on any atom is 0.131 e. The third kappa shape index (κ3) is 2.85. The minimum Gasteiger partial charge on any atom is -0.206 e. The van der Waals surface area contributed by atoms with E-state index < -0.39 is 0 Å². The highest BCUT2D eigenvalue weighted by atomic mass is 79.9. The van der Waals surface area contributed by atoms with Crippen molar-refractivity contribution in [2.75, 3.05) is 0 Å². The van der Waals surface area contributed by atoms with Crippen LogP contribution in [0.5, 0.6) is 0 Å². The third-order valence-corrected chi connectivity index (χ3v) is 2.94. The van der Waals surface area contributed by atoms with Crippen LogP contribution in [0, 0.1) is 17.1 Å². The summed E-state index contributed by atoms with van der Waals surface area (Å²) in [7, 11) is 0. The van der Waals surface area contributed by atoms with Gasteiger partial charge in [-0.2, -0.15) is 5.26 Å². The number of nitriles is 1. The van der Waals surface area contributed by atoms with Crippen LogP contribution in [0.1, 0.15) is 11.1 Å². The second-order valence-corrected chi connectivity index (χ2v) is 4.62. The van der Waals surface area contributed by atoms with Crippen molar-refractivity contribution in [1.82, 2.24) is 0 Å². The van der Waals surface area contributed by atoms with E-state index in [0.717, 1.165) is 10.0 Å². The Balaban J connectivity index is 2.48. The SMILES string of the molecule is N#C/C(=C/c1cccc(Br)c1)c1ccccc1F. The Morgan fingerprint density at radius 2 is 1.94 bits per heavy atom. The van der Waals surface area contributed by atoms with Gasteiger partial charge in [0.2, 0.25) is 0 Å². The fourth-order valence-electron chi connectivity index (χ4n) is 1.61. The molecule has 0 aliphatic rings. The third-order valence-electron chi connectivity index (χ3n) is 2.44. The van der Waals surface area contributed by atoms with Crippen LogP contribution in [0.3, 0.4) is 0 Å². The summed E-state index contributed by atoms with van der Waals surface area (Å²) in [6, 6.07) is 15.8. The van der Waals surface area contributed by atoms with Gasteiger partial charge in [0, 0.05) is 10.0 Å². The first kappa shape index (κ1) is 12.5. The molecule has 0 aromatic heterocycles. The summed E-state index contributed by atoms with van der Waals surface area (Å²) in [6.45, 7) is 0. The molecule has 0 unspecified atom stereocenters. The van der Waals surface area contributed by atoms with Gasteiger partial charge >= 0.3 is 0 Å². The van der Waals surface area contributed by atoms with Crippen molar-refractivity contribution >= 4 is 27.6 Å². The molecule has 1 nitrogen and oxygen atoms in total. The van der Waals surface area contributed by atoms with Crippen LogP contribution < -0.4 is 0 Å². The standard InChI is InChI=1S/C15H9BrFN/c16-13-5-3-4-11(9-13)8-12(10-18)14-6-1-2-7-15(14)17/h1-9H/b12-8-. The molecule has 0 heterocycles. The molecule has 0 N–H and O–H groups in total. The molecule has 0 radical (unpaired) electrons. The molecule has 0 atom stereocenters. The normalized spacial score (nSPS) is 11.1. The number of hydrogen-bond donors (Lipinski definition) is 0. The largest absolute Gasteiger partial charge is 0.206 e. The number of nitrogens with zero attached hydrogens (tertiary/aromatic N) is 1.